The summed E-state index contributed by atoms with van der Waals surface area (Å²) in [7, 11) is 0. The molecule has 3 nitrogen and oxygen atoms in total. The fourth-order valence-corrected chi connectivity index (χ4v) is 2.02. The maximum Gasteiger partial charge on any atom is 0.250 e. The predicted molar refractivity (Wildman–Crippen MR) is 79.2 cm³/mol. The predicted octanol–water partition coefficient (Wildman–Crippen LogP) is 3.84. The minimum absolute atomic E-state index is 0.283. The summed E-state index contributed by atoms with van der Waals surface area (Å²) in [5.74, 6) is 0.713. The van der Waals surface area contributed by atoms with Crippen LogP contribution in [0.4, 0.5) is 0 Å². The molecule has 0 aliphatic carbocycles. The highest BCUT2D eigenvalue weighted by atomic mass is 127. The number of carbonyl (C=O) groups is 1. The Morgan fingerprint density at radius 3 is 2.28 bits per heavy atom. The lowest BCUT2D eigenvalue weighted by Crippen LogP contribution is -2.11. The van der Waals surface area contributed by atoms with E-state index in [0.29, 0.717) is 11.5 Å². The van der Waals surface area contributed by atoms with Crippen LogP contribution >= 0.6 is 34.2 Å². The van der Waals surface area contributed by atoms with Crippen molar-refractivity contribution >= 4 is 40.1 Å². The molecule has 0 aliphatic rings. The molecule has 0 saturated carbocycles. The number of rotatable bonds is 3. The smallest absolute Gasteiger partial charge is 0.250 e. The van der Waals surface area contributed by atoms with Crippen LogP contribution < -0.4 is 10.5 Å². The van der Waals surface area contributed by atoms with E-state index in [1.807, 2.05) is 24.3 Å². The molecular weight excluding hydrogens is 365 g/mol. The van der Waals surface area contributed by atoms with E-state index < -0.39 is 5.91 Å². The number of halogens is 2. The van der Waals surface area contributed by atoms with Gasteiger partial charge in [-0.25, -0.2) is 0 Å². The summed E-state index contributed by atoms with van der Waals surface area (Å²) >= 11 is 8.15. The Balaban J connectivity index is 2.22. The number of nitrogens with two attached hydrogens (primary N) is 1. The quantitative estimate of drug-likeness (QED) is 0.831. The van der Waals surface area contributed by atoms with Gasteiger partial charge in [0, 0.05) is 9.64 Å². The van der Waals surface area contributed by atoms with Gasteiger partial charge in [-0.15, -0.1) is 0 Å². The molecule has 0 heterocycles. The van der Waals surface area contributed by atoms with Gasteiger partial charge in [-0.05, 0) is 59.0 Å². The molecule has 0 aliphatic heterocycles. The summed E-state index contributed by atoms with van der Waals surface area (Å²) in [5, 5.41) is 0.283. The number of amides is 1. The molecule has 2 aromatic rings. The maximum absolute atomic E-state index is 11.0. The van der Waals surface area contributed by atoms with Crippen molar-refractivity contribution in [1.29, 1.82) is 0 Å². The van der Waals surface area contributed by atoms with E-state index in [4.69, 9.17) is 22.1 Å². The molecule has 2 aromatic carbocycles. The molecule has 0 saturated heterocycles. The normalized spacial score (nSPS) is 10.1. The number of ether oxygens (including phenoxy) is 1. The number of primary amides is 1. The number of hydrogen-bond acceptors (Lipinski definition) is 2. The van der Waals surface area contributed by atoms with Gasteiger partial charge in [-0.1, -0.05) is 11.6 Å². The second kappa shape index (κ2) is 5.58. The van der Waals surface area contributed by atoms with Crippen molar-refractivity contribution < 1.29 is 9.53 Å². The van der Waals surface area contributed by atoms with Gasteiger partial charge in [-0.3, -0.25) is 4.79 Å². The first kappa shape index (κ1) is 13.2. The average molecular weight is 374 g/mol. The Morgan fingerprint density at radius 2 is 1.72 bits per heavy atom. The molecule has 2 N–H and O–H groups in total. The summed E-state index contributed by atoms with van der Waals surface area (Å²) in [6, 6.07) is 12.4. The van der Waals surface area contributed by atoms with Crippen LogP contribution in [-0.4, -0.2) is 5.91 Å². The maximum atomic E-state index is 11.0. The molecule has 0 unspecified atom stereocenters. The van der Waals surface area contributed by atoms with Gasteiger partial charge in [-0.2, -0.15) is 0 Å². The van der Waals surface area contributed by atoms with Crippen LogP contribution in [0, 0.1) is 3.57 Å². The number of hydrogen-bond donors (Lipinski definition) is 1. The summed E-state index contributed by atoms with van der Waals surface area (Å²) in [5.41, 5.74) is 5.45. The molecule has 0 aromatic heterocycles. The zero-order valence-electron chi connectivity index (χ0n) is 9.19. The fraction of sp³-hybridized carbons (Fsp3) is 0. The minimum Gasteiger partial charge on any atom is -0.457 e. The SMILES string of the molecule is NC(=O)c1ccc(Oc2ccc(I)cc2)cc1Cl. The van der Waals surface area contributed by atoms with Crippen molar-refractivity contribution in [2.45, 2.75) is 0 Å². The Hall–Kier alpha value is -1.27. The van der Waals surface area contributed by atoms with E-state index in [1.54, 1.807) is 18.2 Å². The molecule has 92 valence electrons. The monoisotopic (exact) mass is 373 g/mol. The summed E-state index contributed by atoms with van der Waals surface area (Å²) in [6.45, 7) is 0. The van der Waals surface area contributed by atoms with E-state index in [-0.39, 0.29) is 10.6 Å². The lowest BCUT2D eigenvalue weighted by Gasteiger charge is -2.07. The van der Waals surface area contributed by atoms with Crippen LogP contribution in [0.15, 0.2) is 42.5 Å². The van der Waals surface area contributed by atoms with E-state index >= 15 is 0 Å². The molecule has 18 heavy (non-hydrogen) atoms. The third kappa shape index (κ3) is 3.14. The lowest BCUT2D eigenvalue weighted by atomic mass is 10.2. The Morgan fingerprint density at radius 1 is 1.11 bits per heavy atom. The van der Waals surface area contributed by atoms with Crippen LogP contribution in [-0.2, 0) is 0 Å². The zero-order chi connectivity index (χ0) is 13.1. The number of benzene rings is 2. The summed E-state index contributed by atoms with van der Waals surface area (Å²) < 4.78 is 6.74. The van der Waals surface area contributed by atoms with Crippen LogP contribution in [0.2, 0.25) is 5.02 Å². The summed E-state index contributed by atoms with van der Waals surface area (Å²) in [4.78, 5) is 11.0. The van der Waals surface area contributed by atoms with Crippen LogP contribution in [0.5, 0.6) is 11.5 Å². The van der Waals surface area contributed by atoms with Crippen molar-refractivity contribution in [3.05, 3.63) is 56.6 Å². The average Bonchev–Trinajstić information content (AvgIpc) is 2.32. The molecule has 2 rings (SSSR count). The molecule has 0 atom stereocenters. The van der Waals surface area contributed by atoms with Crippen molar-refractivity contribution in [3.63, 3.8) is 0 Å². The fourth-order valence-electron chi connectivity index (χ4n) is 1.40. The molecule has 1 amide bonds. The van der Waals surface area contributed by atoms with E-state index in [2.05, 4.69) is 22.6 Å². The highest BCUT2D eigenvalue weighted by molar-refractivity contribution is 14.1. The Bertz CT molecular complexity index is 584. The molecule has 5 heteroatoms. The Kier molecular flexibility index (Phi) is 4.08. The van der Waals surface area contributed by atoms with Crippen LogP contribution in [0.25, 0.3) is 0 Å². The molecular formula is C13H9ClINO2. The van der Waals surface area contributed by atoms with Gasteiger partial charge in [0.05, 0.1) is 10.6 Å². The van der Waals surface area contributed by atoms with Crippen LogP contribution in [0.3, 0.4) is 0 Å². The van der Waals surface area contributed by atoms with E-state index in [1.165, 1.54) is 0 Å². The highest BCUT2D eigenvalue weighted by Crippen LogP contribution is 2.27. The first-order valence-corrected chi connectivity index (χ1v) is 6.55. The highest BCUT2D eigenvalue weighted by Gasteiger charge is 2.08. The third-order valence-electron chi connectivity index (χ3n) is 2.26. The van der Waals surface area contributed by atoms with Gasteiger partial charge in [0.25, 0.3) is 0 Å². The standard InChI is InChI=1S/C13H9ClINO2/c14-12-7-10(5-6-11(12)13(16)17)18-9-3-1-8(15)2-4-9/h1-7H,(H2,16,17). The largest absolute Gasteiger partial charge is 0.457 e. The summed E-state index contributed by atoms with van der Waals surface area (Å²) in [6.07, 6.45) is 0. The van der Waals surface area contributed by atoms with Crippen LogP contribution in [0.1, 0.15) is 10.4 Å². The van der Waals surface area contributed by atoms with Gasteiger partial charge >= 0.3 is 0 Å². The number of carbonyl (C=O) groups excluding carboxylic acids is 1. The molecule has 0 fully saturated rings. The molecule has 0 bridgehead atoms. The molecule has 0 radical (unpaired) electrons. The first-order valence-electron chi connectivity index (χ1n) is 5.09. The first-order chi connectivity index (χ1) is 8.56. The van der Waals surface area contributed by atoms with Gasteiger partial charge in [0.2, 0.25) is 5.91 Å². The van der Waals surface area contributed by atoms with Crippen molar-refractivity contribution in [3.8, 4) is 11.5 Å². The van der Waals surface area contributed by atoms with E-state index in [9.17, 15) is 4.79 Å². The lowest BCUT2D eigenvalue weighted by molar-refractivity contribution is 0.100. The van der Waals surface area contributed by atoms with Crippen molar-refractivity contribution in [2.75, 3.05) is 0 Å². The third-order valence-corrected chi connectivity index (χ3v) is 3.29. The second-order valence-corrected chi connectivity index (χ2v) is 5.21. The molecule has 0 spiro atoms. The van der Waals surface area contributed by atoms with Crippen molar-refractivity contribution in [2.24, 2.45) is 5.73 Å². The second-order valence-electron chi connectivity index (χ2n) is 3.56. The van der Waals surface area contributed by atoms with Crippen molar-refractivity contribution in [1.82, 2.24) is 0 Å². The topological polar surface area (TPSA) is 52.3 Å². The van der Waals surface area contributed by atoms with Gasteiger partial charge in [0.1, 0.15) is 11.5 Å². The van der Waals surface area contributed by atoms with E-state index in [0.717, 1.165) is 3.57 Å². The van der Waals surface area contributed by atoms with Gasteiger partial charge in [0.15, 0.2) is 0 Å². The minimum atomic E-state index is -0.555. The van der Waals surface area contributed by atoms with Gasteiger partial charge < -0.3 is 10.5 Å². The zero-order valence-corrected chi connectivity index (χ0v) is 12.1. The Labute approximate surface area is 123 Å².